The SMILES string of the molecule is Cc1ccc2cc(C(=O)NS(=O)(=O)C[C@@H]3CCCN(C(=O)OCc4ccccc4)C3)n(CCOc3ccccc3)c2c1. The number of nitrogens with zero attached hydrogens (tertiary/aromatic N) is 2. The molecule has 2 heterocycles. The van der Waals surface area contributed by atoms with E-state index in [1.807, 2.05) is 85.8 Å². The lowest BCUT2D eigenvalue weighted by Crippen LogP contribution is -2.44. The van der Waals surface area contributed by atoms with Crippen LogP contribution in [0.15, 0.2) is 84.9 Å². The third kappa shape index (κ3) is 7.50. The van der Waals surface area contributed by atoms with E-state index in [0.29, 0.717) is 38.3 Å². The lowest BCUT2D eigenvalue weighted by molar-refractivity contribution is 0.0811. The Bertz CT molecular complexity index is 1640. The second-order valence-electron chi connectivity index (χ2n) is 10.6. The molecule has 10 heteroatoms. The summed E-state index contributed by atoms with van der Waals surface area (Å²) >= 11 is 0. The maximum atomic E-state index is 13.4. The summed E-state index contributed by atoms with van der Waals surface area (Å²) in [7, 11) is -3.98. The standard InChI is InChI=1S/C32H35N3O6S/c1-24-14-15-27-20-30(35(29(27)19-24)17-18-40-28-12-6-3-7-13-28)31(36)33-42(38,39)23-26-11-8-16-34(21-26)32(37)41-22-25-9-4-2-5-10-25/h2-7,9-10,12-15,19-20,26H,8,11,16-18,21-23H2,1H3,(H,33,36)/t26-/m1/s1. The van der Waals surface area contributed by atoms with E-state index in [0.717, 1.165) is 22.0 Å². The predicted octanol–water partition coefficient (Wildman–Crippen LogP) is 5.14. The van der Waals surface area contributed by atoms with Gasteiger partial charge in [0.15, 0.2) is 0 Å². The maximum absolute atomic E-state index is 13.4. The number of carbonyl (C=O) groups is 2. The van der Waals surface area contributed by atoms with Crippen LogP contribution in [0, 0.1) is 12.8 Å². The first-order valence-electron chi connectivity index (χ1n) is 14.1. The molecule has 0 spiro atoms. The number of carbonyl (C=O) groups excluding carboxylic acids is 2. The molecule has 3 aromatic carbocycles. The molecule has 42 heavy (non-hydrogen) atoms. The smallest absolute Gasteiger partial charge is 0.410 e. The summed E-state index contributed by atoms with van der Waals surface area (Å²) in [5.74, 6) is -0.568. The largest absolute Gasteiger partial charge is 0.492 e. The van der Waals surface area contributed by atoms with Crippen molar-refractivity contribution in [3.8, 4) is 5.75 Å². The van der Waals surface area contributed by atoms with Gasteiger partial charge in [-0.3, -0.25) is 4.79 Å². The molecule has 1 aromatic heterocycles. The molecule has 5 rings (SSSR count). The van der Waals surface area contributed by atoms with Crippen molar-refractivity contribution < 1.29 is 27.5 Å². The van der Waals surface area contributed by atoms with Crippen LogP contribution in [0.1, 0.15) is 34.5 Å². The Balaban J connectivity index is 1.23. The fraction of sp³-hybridized carbons (Fsp3) is 0.312. The van der Waals surface area contributed by atoms with E-state index < -0.39 is 22.0 Å². The van der Waals surface area contributed by atoms with Crippen molar-refractivity contribution in [3.63, 3.8) is 0 Å². The van der Waals surface area contributed by atoms with E-state index in [-0.39, 0.29) is 30.5 Å². The van der Waals surface area contributed by atoms with Gasteiger partial charge in [-0.15, -0.1) is 0 Å². The van der Waals surface area contributed by atoms with Crippen LogP contribution < -0.4 is 9.46 Å². The molecule has 0 aliphatic carbocycles. The van der Waals surface area contributed by atoms with Gasteiger partial charge in [-0.1, -0.05) is 60.7 Å². The quantitative estimate of drug-likeness (QED) is 0.275. The average molecular weight is 590 g/mol. The van der Waals surface area contributed by atoms with Crippen LogP contribution in [0.25, 0.3) is 10.9 Å². The van der Waals surface area contributed by atoms with E-state index in [2.05, 4.69) is 4.72 Å². The van der Waals surface area contributed by atoms with Gasteiger partial charge in [0.2, 0.25) is 10.0 Å². The minimum atomic E-state index is -3.98. The number of para-hydroxylation sites is 1. The molecule has 1 aliphatic rings. The van der Waals surface area contributed by atoms with E-state index in [1.165, 1.54) is 0 Å². The number of ether oxygens (including phenoxy) is 2. The summed E-state index contributed by atoms with van der Waals surface area (Å²) in [6, 6.07) is 26.3. The number of aryl methyl sites for hydroxylation is 1. The Labute approximate surface area is 246 Å². The zero-order valence-electron chi connectivity index (χ0n) is 23.6. The number of hydrogen-bond donors (Lipinski definition) is 1. The van der Waals surface area contributed by atoms with E-state index >= 15 is 0 Å². The average Bonchev–Trinajstić information content (AvgIpc) is 3.34. The van der Waals surface area contributed by atoms with Crippen LogP contribution in [-0.4, -0.2) is 55.3 Å². The van der Waals surface area contributed by atoms with Gasteiger partial charge in [-0.05, 0) is 61.1 Å². The Morgan fingerprint density at radius 3 is 2.48 bits per heavy atom. The molecule has 0 radical (unpaired) electrons. The van der Waals surface area contributed by atoms with Gasteiger partial charge in [0.05, 0.1) is 12.3 Å². The third-order valence-electron chi connectivity index (χ3n) is 7.30. The molecular weight excluding hydrogens is 554 g/mol. The highest BCUT2D eigenvalue weighted by Gasteiger charge is 2.30. The van der Waals surface area contributed by atoms with Gasteiger partial charge in [0.1, 0.15) is 24.7 Å². The minimum Gasteiger partial charge on any atom is -0.492 e. The summed E-state index contributed by atoms with van der Waals surface area (Å²) < 4.78 is 41.6. The second kappa shape index (κ2) is 13.1. The maximum Gasteiger partial charge on any atom is 0.410 e. The number of sulfonamides is 1. The molecule has 1 saturated heterocycles. The first kappa shape index (κ1) is 29.2. The van der Waals surface area contributed by atoms with E-state index in [1.54, 1.807) is 15.5 Å². The van der Waals surface area contributed by atoms with Crippen molar-refractivity contribution in [3.05, 3.63) is 102 Å². The van der Waals surface area contributed by atoms with Crippen LogP contribution in [-0.2, 0) is 27.9 Å². The van der Waals surface area contributed by atoms with Gasteiger partial charge in [-0.25, -0.2) is 17.9 Å². The van der Waals surface area contributed by atoms with Crippen LogP contribution in [0.4, 0.5) is 4.79 Å². The van der Waals surface area contributed by atoms with Gasteiger partial charge in [-0.2, -0.15) is 0 Å². The molecule has 1 atom stereocenters. The van der Waals surface area contributed by atoms with Crippen LogP contribution in [0.2, 0.25) is 0 Å². The number of nitrogens with one attached hydrogen (secondary N) is 1. The zero-order chi connectivity index (χ0) is 29.5. The molecule has 0 saturated carbocycles. The highest BCUT2D eigenvalue weighted by molar-refractivity contribution is 7.90. The van der Waals surface area contributed by atoms with Crippen molar-refractivity contribution in [2.24, 2.45) is 5.92 Å². The Hall–Kier alpha value is -4.31. The third-order valence-corrected chi connectivity index (χ3v) is 8.71. The number of aromatic nitrogens is 1. The fourth-order valence-corrected chi connectivity index (χ4v) is 6.65. The number of rotatable bonds is 10. The molecule has 9 nitrogen and oxygen atoms in total. The summed E-state index contributed by atoms with van der Waals surface area (Å²) in [5.41, 5.74) is 2.97. The number of benzene rings is 3. The van der Waals surface area contributed by atoms with Gasteiger partial charge in [0.25, 0.3) is 5.91 Å². The summed E-state index contributed by atoms with van der Waals surface area (Å²) in [6.07, 6.45) is 0.819. The first-order chi connectivity index (χ1) is 20.3. The Morgan fingerprint density at radius 2 is 1.71 bits per heavy atom. The van der Waals surface area contributed by atoms with Crippen LogP contribution in [0.3, 0.4) is 0 Å². The van der Waals surface area contributed by atoms with Gasteiger partial charge < -0.3 is 18.9 Å². The molecule has 2 amide bonds. The molecule has 1 N–H and O–H groups in total. The first-order valence-corrected chi connectivity index (χ1v) is 15.7. The number of fused-ring (bicyclic) bond motifs is 1. The molecular formula is C32H35N3O6S. The Kier molecular flexibility index (Phi) is 9.12. The number of piperidine rings is 1. The lowest BCUT2D eigenvalue weighted by Gasteiger charge is -2.31. The predicted molar refractivity (Wildman–Crippen MR) is 161 cm³/mol. The summed E-state index contributed by atoms with van der Waals surface area (Å²) in [5, 5.41) is 0.833. The number of hydrogen-bond acceptors (Lipinski definition) is 6. The minimum absolute atomic E-state index is 0.152. The molecule has 1 fully saturated rings. The lowest BCUT2D eigenvalue weighted by atomic mass is 10.0. The second-order valence-corrected chi connectivity index (χ2v) is 12.4. The molecule has 220 valence electrons. The van der Waals surface area contributed by atoms with E-state index in [9.17, 15) is 18.0 Å². The van der Waals surface area contributed by atoms with Crippen LogP contribution in [0.5, 0.6) is 5.75 Å². The van der Waals surface area contributed by atoms with Gasteiger partial charge in [0, 0.05) is 24.0 Å². The molecule has 1 aliphatic heterocycles. The van der Waals surface area contributed by atoms with E-state index in [4.69, 9.17) is 9.47 Å². The molecule has 0 bridgehead atoms. The fourth-order valence-electron chi connectivity index (χ4n) is 5.29. The van der Waals surface area contributed by atoms with Crippen molar-refractivity contribution in [1.29, 1.82) is 0 Å². The van der Waals surface area contributed by atoms with Gasteiger partial charge >= 0.3 is 6.09 Å². The number of likely N-dealkylation sites (tertiary alicyclic amines) is 1. The monoisotopic (exact) mass is 589 g/mol. The van der Waals surface area contributed by atoms with Crippen LogP contribution >= 0.6 is 0 Å². The Morgan fingerprint density at radius 1 is 0.976 bits per heavy atom. The molecule has 4 aromatic rings. The zero-order valence-corrected chi connectivity index (χ0v) is 24.4. The van der Waals surface area contributed by atoms with Crippen molar-refractivity contribution in [2.45, 2.75) is 32.9 Å². The van der Waals surface area contributed by atoms with Crippen molar-refractivity contribution in [1.82, 2.24) is 14.2 Å². The highest BCUT2D eigenvalue weighted by Crippen LogP contribution is 2.23. The summed E-state index contributed by atoms with van der Waals surface area (Å²) in [4.78, 5) is 27.6. The molecule has 0 unspecified atom stereocenters. The van der Waals surface area contributed by atoms with Crippen molar-refractivity contribution >= 4 is 32.9 Å². The summed E-state index contributed by atoms with van der Waals surface area (Å²) in [6.45, 7) is 3.52. The topological polar surface area (TPSA) is 107 Å². The normalized spacial score (nSPS) is 15.4. The number of amides is 2. The van der Waals surface area contributed by atoms with Crippen molar-refractivity contribution in [2.75, 3.05) is 25.4 Å². The highest BCUT2D eigenvalue weighted by atomic mass is 32.2.